The molecule has 0 bridgehead atoms. The van der Waals surface area contributed by atoms with Gasteiger partial charge in [0.2, 0.25) is 0 Å². The third kappa shape index (κ3) is 4.85. The first-order chi connectivity index (χ1) is 14.7. The molecule has 2 saturated heterocycles. The van der Waals surface area contributed by atoms with Crippen LogP contribution < -0.4 is 0 Å². The molecule has 0 aliphatic carbocycles. The van der Waals surface area contributed by atoms with Crippen LogP contribution in [-0.4, -0.2) is 37.5 Å². The van der Waals surface area contributed by atoms with Crippen molar-refractivity contribution in [3.05, 3.63) is 69.3 Å². The van der Waals surface area contributed by atoms with Gasteiger partial charge in [0.05, 0.1) is 18.8 Å². The molecule has 0 aromatic heterocycles. The van der Waals surface area contributed by atoms with E-state index in [1.807, 2.05) is 6.07 Å². The molecule has 166 valence electrons. The quantitative estimate of drug-likeness (QED) is 0.587. The van der Waals surface area contributed by atoms with Crippen LogP contribution in [0.5, 0.6) is 0 Å². The van der Waals surface area contributed by atoms with Crippen molar-refractivity contribution in [3.63, 3.8) is 0 Å². The molecular formula is C25H28F3NO2. The van der Waals surface area contributed by atoms with E-state index < -0.39 is 11.7 Å². The lowest BCUT2D eigenvalue weighted by Gasteiger charge is -2.36. The number of carbonyl (C=O) groups is 1. The Morgan fingerprint density at radius 1 is 1.03 bits per heavy atom. The number of halogens is 3. The molecule has 2 heterocycles. The molecule has 0 spiro atoms. The van der Waals surface area contributed by atoms with Crippen LogP contribution in [0.2, 0.25) is 0 Å². The number of ether oxygens (including phenoxy) is 1. The van der Waals surface area contributed by atoms with Crippen molar-refractivity contribution >= 4 is 6.29 Å². The minimum absolute atomic E-state index is 0.157. The fourth-order valence-electron chi connectivity index (χ4n) is 4.70. The van der Waals surface area contributed by atoms with Crippen molar-refractivity contribution in [3.8, 4) is 0 Å². The molecule has 2 aromatic rings. The summed E-state index contributed by atoms with van der Waals surface area (Å²) in [5.41, 5.74) is 5.29. The lowest BCUT2D eigenvalue weighted by molar-refractivity contribution is -0.139. The highest BCUT2D eigenvalue weighted by Gasteiger charge is 2.37. The van der Waals surface area contributed by atoms with Gasteiger partial charge in [-0.2, -0.15) is 13.2 Å². The van der Waals surface area contributed by atoms with E-state index in [-0.39, 0.29) is 11.8 Å². The first-order valence-corrected chi connectivity index (χ1v) is 10.8. The van der Waals surface area contributed by atoms with Crippen molar-refractivity contribution in [1.82, 2.24) is 4.90 Å². The van der Waals surface area contributed by atoms with Gasteiger partial charge in [0.1, 0.15) is 6.29 Å². The van der Waals surface area contributed by atoms with E-state index in [9.17, 15) is 18.0 Å². The molecule has 0 N–H and O–H groups in total. The van der Waals surface area contributed by atoms with E-state index in [0.717, 1.165) is 25.9 Å². The Morgan fingerprint density at radius 3 is 2.26 bits per heavy atom. The highest BCUT2D eigenvalue weighted by Crippen LogP contribution is 2.38. The molecule has 2 aliphatic heterocycles. The maximum atomic E-state index is 13.6. The van der Waals surface area contributed by atoms with Gasteiger partial charge in [-0.15, -0.1) is 0 Å². The van der Waals surface area contributed by atoms with Crippen LogP contribution in [0, 0.1) is 19.8 Å². The van der Waals surface area contributed by atoms with Gasteiger partial charge in [-0.05, 0) is 66.1 Å². The summed E-state index contributed by atoms with van der Waals surface area (Å²) in [4.78, 5) is 13.0. The number of likely N-dealkylation sites (tertiary alicyclic amines) is 1. The molecule has 2 aliphatic rings. The Morgan fingerprint density at radius 2 is 1.71 bits per heavy atom. The molecule has 0 unspecified atom stereocenters. The lowest BCUT2D eigenvalue weighted by atomic mass is 9.89. The molecular weight excluding hydrogens is 403 g/mol. The van der Waals surface area contributed by atoms with Gasteiger partial charge in [0.15, 0.2) is 0 Å². The number of aryl methyl sites for hydroxylation is 3. The molecule has 0 saturated carbocycles. The number of hydrogen-bond acceptors (Lipinski definition) is 3. The Bertz CT molecular complexity index is 937. The van der Waals surface area contributed by atoms with Crippen molar-refractivity contribution in [2.45, 2.75) is 45.3 Å². The van der Waals surface area contributed by atoms with Crippen LogP contribution >= 0.6 is 0 Å². The van der Waals surface area contributed by atoms with Gasteiger partial charge in [0.25, 0.3) is 0 Å². The monoisotopic (exact) mass is 431 g/mol. The molecule has 2 aromatic carbocycles. The predicted molar refractivity (Wildman–Crippen MR) is 113 cm³/mol. The van der Waals surface area contributed by atoms with Crippen LogP contribution in [0.1, 0.15) is 44.9 Å². The summed E-state index contributed by atoms with van der Waals surface area (Å²) in [6, 6.07) is 9.11. The number of nitrogens with zero attached hydrogens (tertiary/aromatic N) is 1. The summed E-state index contributed by atoms with van der Waals surface area (Å²) in [6.45, 7) is 7.31. The fraction of sp³-hybridized carbons (Fsp3) is 0.480. The highest BCUT2D eigenvalue weighted by atomic mass is 19.4. The third-order valence-corrected chi connectivity index (χ3v) is 6.50. The number of carbonyl (C=O) groups excluding carboxylic acids is 1. The van der Waals surface area contributed by atoms with E-state index in [0.29, 0.717) is 37.2 Å². The van der Waals surface area contributed by atoms with E-state index in [4.69, 9.17) is 4.74 Å². The van der Waals surface area contributed by atoms with Crippen LogP contribution in [-0.2, 0) is 35.1 Å². The fourth-order valence-corrected chi connectivity index (χ4v) is 4.70. The van der Waals surface area contributed by atoms with Crippen LogP contribution in [0.3, 0.4) is 0 Å². The Labute approximate surface area is 181 Å². The molecule has 31 heavy (non-hydrogen) atoms. The van der Waals surface area contributed by atoms with Crippen molar-refractivity contribution < 1.29 is 22.7 Å². The van der Waals surface area contributed by atoms with Crippen LogP contribution in [0.25, 0.3) is 0 Å². The average Bonchev–Trinajstić information content (AvgIpc) is 2.62. The van der Waals surface area contributed by atoms with Crippen molar-refractivity contribution in [2.24, 2.45) is 5.92 Å². The summed E-state index contributed by atoms with van der Waals surface area (Å²) in [5.74, 6) is 0.00203. The first-order valence-electron chi connectivity index (χ1n) is 10.8. The second-order valence-electron chi connectivity index (χ2n) is 8.95. The Balaban J connectivity index is 1.45. The number of alkyl halides is 3. The van der Waals surface area contributed by atoms with Gasteiger partial charge < -0.3 is 9.53 Å². The second-order valence-corrected chi connectivity index (χ2v) is 8.95. The first kappa shape index (κ1) is 22.0. The number of rotatable bonds is 7. The summed E-state index contributed by atoms with van der Waals surface area (Å²) >= 11 is 0. The minimum Gasteiger partial charge on any atom is -0.380 e. The van der Waals surface area contributed by atoms with Crippen LogP contribution in [0.15, 0.2) is 30.3 Å². The summed E-state index contributed by atoms with van der Waals surface area (Å²) in [7, 11) is 0. The van der Waals surface area contributed by atoms with Gasteiger partial charge in [0, 0.05) is 31.5 Å². The largest absolute Gasteiger partial charge is 0.416 e. The van der Waals surface area contributed by atoms with E-state index in [1.165, 1.54) is 28.3 Å². The maximum Gasteiger partial charge on any atom is 0.416 e. The minimum atomic E-state index is -4.35. The average molecular weight is 431 g/mol. The number of aldehydes is 1. The topological polar surface area (TPSA) is 29.5 Å². The molecule has 0 radical (unpaired) electrons. The molecule has 2 fully saturated rings. The third-order valence-electron chi connectivity index (χ3n) is 6.50. The molecule has 6 heteroatoms. The van der Waals surface area contributed by atoms with Gasteiger partial charge in [-0.25, -0.2) is 0 Å². The van der Waals surface area contributed by atoms with Gasteiger partial charge in [-0.1, -0.05) is 24.3 Å². The smallest absolute Gasteiger partial charge is 0.380 e. The predicted octanol–water partition coefficient (Wildman–Crippen LogP) is 4.85. The summed E-state index contributed by atoms with van der Waals surface area (Å²) in [5, 5.41) is 0. The molecule has 4 rings (SSSR count). The van der Waals surface area contributed by atoms with Gasteiger partial charge >= 0.3 is 6.18 Å². The summed E-state index contributed by atoms with van der Waals surface area (Å²) in [6.07, 6.45) is -2.06. The van der Waals surface area contributed by atoms with E-state index >= 15 is 0 Å². The lowest BCUT2D eigenvalue weighted by Crippen LogP contribution is -2.46. The number of benzene rings is 2. The van der Waals surface area contributed by atoms with Crippen LogP contribution in [0.4, 0.5) is 13.2 Å². The maximum absolute atomic E-state index is 13.6. The van der Waals surface area contributed by atoms with E-state index in [1.54, 1.807) is 6.07 Å². The van der Waals surface area contributed by atoms with Crippen molar-refractivity contribution in [1.29, 1.82) is 0 Å². The highest BCUT2D eigenvalue weighted by molar-refractivity contribution is 5.55. The summed E-state index contributed by atoms with van der Waals surface area (Å²) < 4.78 is 45.9. The molecule has 0 atom stereocenters. The Hall–Kier alpha value is -2.18. The van der Waals surface area contributed by atoms with Gasteiger partial charge in [-0.3, -0.25) is 4.90 Å². The number of hydrogen-bond donors (Lipinski definition) is 0. The second kappa shape index (κ2) is 8.75. The molecule has 0 amide bonds. The van der Waals surface area contributed by atoms with E-state index in [2.05, 4.69) is 30.9 Å². The standard InChI is InChI=1S/C25H28F3NO2/c1-16-7-19(10-29-11-20(12-29)13-30)8-17(2)22(16)5-3-18-4-6-23(21-14-31-15-21)24(9-18)25(26,27)28/h4,6-9,13,20-21H,3,5,10-12,14-15H2,1-2H3. The Kier molecular flexibility index (Phi) is 6.22. The zero-order valence-corrected chi connectivity index (χ0v) is 18.0. The SMILES string of the molecule is Cc1cc(CN2CC(C=O)C2)cc(C)c1CCc1ccc(C2COC2)c(C(F)(F)F)c1. The zero-order chi connectivity index (χ0) is 22.2. The zero-order valence-electron chi connectivity index (χ0n) is 18.0. The molecule has 3 nitrogen and oxygen atoms in total. The normalized spacial score (nSPS) is 18.0. The van der Waals surface area contributed by atoms with Crippen molar-refractivity contribution in [2.75, 3.05) is 26.3 Å².